The van der Waals surface area contributed by atoms with E-state index in [-0.39, 0.29) is 11.0 Å². The lowest BCUT2D eigenvalue weighted by atomic mass is 10.2. The molecule has 78 valence electrons. The summed E-state index contributed by atoms with van der Waals surface area (Å²) in [4.78, 5) is 27.8. The Hall–Kier alpha value is -1.36. The molecule has 5 heteroatoms. The minimum Gasteiger partial charge on any atom is -0.323 e. The molecule has 1 unspecified atom stereocenters. The molecule has 0 aliphatic carbocycles. The number of ketones is 1. The second-order valence-corrected chi connectivity index (χ2v) is 4.46. The number of aliphatic imine (C=N–C) groups is 1. The molecule has 0 spiro atoms. The molecule has 0 amide bonds. The largest absolute Gasteiger partial charge is 0.323 e. The van der Waals surface area contributed by atoms with Crippen molar-refractivity contribution >= 4 is 29.0 Å². The van der Waals surface area contributed by atoms with E-state index in [0.29, 0.717) is 12.1 Å². The highest BCUT2D eigenvalue weighted by atomic mass is 32.2. The zero-order chi connectivity index (χ0) is 10.8. The van der Waals surface area contributed by atoms with E-state index < -0.39 is 0 Å². The van der Waals surface area contributed by atoms with Gasteiger partial charge in [0.05, 0.1) is 11.8 Å². The summed E-state index contributed by atoms with van der Waals surface area (Å²) < 4.78 is 0. The molecule has 0 aromatic carbocycles. The summed E-state index contributed by atoms with van der Waals surface area (Å²) in [6.45, 7) is 2.07. The summed E-state index contributed by atoms with van der Waals surface area (Å²) in [6, 6.07) is 0. The quantitative estimate of drug-likeness (QED) is 0.653. The van der Waals surface area contributed by atoms with Crippen LogP contribution in [0.3, 0.4) is 0 Å². The number of carbonyl (C=O) groups is 2. The van der Waals surface area contributed by atoms with Gasteiger partial charge in [-0.25, -0.2) is 4.99 Å². The van der Waals surface area contributed by atoms with Crippen molar-refractivity contribution in [2.45, 2.75) is 12.2 Å². The Kier molecular flexibility index (Phi) is 2.73. The number of hydrogen-bond donors (Lipinski definition) is 0. The molecule has 0 aromatic rings. The fraction of sp³-hybridized carbons (Fsp3) is 0.300. The van der Waals surface area contributed by atoms with Gasteiger partial charge in [0, 0.05) is 18.0 Å². The maximum atomic E-state index is 11.1. The SMILES string of the molecule is CC(=O)C1=CN=C2SC(C=O)C=CN2C1. The number of thioether (sulfide) groups is 1. The number of carbonyl (C=O) groups excluding carboxylic acids is 2. The standard InChI is InChI=1S/C10H10N2O2S/c1-7(14)8-4-11-10-12(5-8)3-2-9(6-13)15-10/h2-4,6,9H,5H2,1H3. The van der Waals surface area contributed by atoms with Crippen LogP contribution in [0.1, 0.15) is 6.92 Å². The van der Waals surface area contributed by atoms with E-state index in [1.807, 2.05) is 11.1 Å². The van der Waals surface area contributed by atoms with Gasteiger partial charge in [-0.1, -0.05) is 11.8 Å². The minimum absolute atomic E-state index is 0.0358. The monoisotopic (exact) mass is 222 g/mol. The highest BCUT2D eigenvalue weighted by Gasteiger charge is 2.23. The first-order valence-corrected chi connectivity index (χ1v) is 5.43. The van der Waals surface area contributed by atoms with E-state index in [1.165, 1.54) is 18.7 Å². The van der Waals surface area contributed by atoms with Crippen molar-refractivity contribution in [3.8, 4) is 0 Å². The van der Waals surface area contributed by atoms with E-state index in [0.717, 1.165) is 11.5 Å². The molecule has 0 fully saturated rings. The number of aldehydes is 1. The van der Waals surface area contributed by atoms with Crippen molar-refractivity contribution in [1.82, 2.24) is 4.90 Å². The summed E-state index contributed by atoms with van der Waals surface area (Å²) >= 11 is 1.39. The Balaban J connectivity index is 2.22. The molecule has 2 aliphatic heterocycles. The third-order valence-electron chi connectivity index (χ3n) is 2.20. The topological polar surface area (TPSA) is 49.7 Å². The molecule has 15 heavy (non-hydrogen) atoms. The molecule has 1 atom stereocenters. The van der Waals surface area contributed by atoms with Crippen molar-refractivity contribution in [3.05, 3.63) is 24.0 Å². The molecule has 0 saturated heterocycles. The van der Waals surface area contributed by atoms with Gasteiger partial charge in [0.2, 0.25) is 0 Å². The first-order valence-electron chi connectivity index (χ1n) is 4.55. The molecular weight excluding hydrogens is 212 g/mol. The molecule has 0 N–H and O–H groups in total. The first kappa shape index (κ1) is 10.2. The van der Waals surface area contributed by atoms with E-state index >= 15 is 0 Å². The Morgan fingerprint density at radius 2 is 2.53 bits per heavy atom. The molecule has 2 aliphatic rings. The Bertz CT molecular complexity index is 398. The van der Waals surface area contributed by atoms with Crippen molar-refractivity contribution in [3.63, 3.8) is 0 Å². The van der Waals surface area contributed by atoms with Crippen LogP contribution in [0.15, 0.2) is 29.0 Å². The zero-order valence-electron chi connectivity index (χ0n) is 8.21. The number of hydrogen-bond acceptors (Lipinski definition) is 5. The third kappa shape index (κ3) is 2.02. The number of amidine groups is 1. The maximum Gasteiger partial charge on any atom is 0.169 e. The summed E-state index contributed by atoms with van der Waals surface area (Å²) in [7, 11) is 0. The molecule has 0 aromatic heterocycles. The summed E-state index contributed by atoms with van der Waals surface area (Å²) in [6.07, 6.45) is 6.08. The van der Waals surface area contributed by atoms with Crippen LogP contribution in [0.25, 0.3) is 0 Å². The van der Waals surface area contributed by atoms with Crippen LogP contribution in [-0.4, -0.2) is 33.9 Å². The van der Waals surface area contributed by atoms with Crippen LogP contribution in [-0.2, 0) is 9.59 Å². The van der Waals surface area contributed by atoms with Crippen LogP contribution in [0.4, 0.5) is 0 Å². The fourth-order valence-corrected chi connectivity index (χ4v) is 2.16. The molecule has 0 bridgehead atoms. The zero-order valence-corrected chi connectivity index (χ0v) is 9.03. The van der Waals surface area contributed by atoms with Gasteiger partial charge in [-0.05, 0) is 13.0 Å². The van der Waals surface area contributed by atoms with Gasteiger partial charge in [0.25, 0.3) is 0 Å². The van der Waals surface area contributed by atoms with Gasteiger partial charge in [-0.3, -0.25) is 4.79 Å². The summed E-state index contributed by atoms with van der Waals surface area (Å²) in [5.74, 6) is 0.0358. The van der Waals surface area contributed by atoms with Crippen LogP contribution < -0.4 is 0 Å². The van der Waals surface area contributed by atoms with Crippen LogP contribution in [0, 0.1) is 0 Å². The Labute approximate surface area is 91.7 Å². The lowest BCUT2D eigenvalue weighted by molar-refractivity contribution is -0.113. The van der Waals surface area contributed by atoms with E-state index in [9.17, 15) is 9.59 Å². The van der Waals surface area contributed by atoms with Crippen molar-refractivity contribution in [2.24, 2.45) is 4.99 Å². The maximum absolute atomic E-state index is 11.1. The normalized spacial score (nSPS) is 24.1. The van der Waals surface area contributed by atoms with E-state index in [2.05, 4.69) is 4.99 Å². The van der Waals surface area contributed by atoms with Crippen LogP contribution in [0.2, 0.25) is 0 Å². The predicted molar refractivity (Wildman–Crippen MR) is 59.5 cm³/mol. The average molecular weight is 222 g/mol. The van der Waals surface area contributed by atoms with Gasteiger partial charge in [0.15, 0.2) is 11.0 Å². The van der Waals surface area contributed by atoms with Crippen molar-refractivity contribution in [1.29, 1.82) is 0 Å². The van der Waals surface area contributed by atoms with Crippen LogP contribution >= 0.6 is 11.8 Å². The van der Waals surface area contributed by atoms with E-state index in [1.54, 1.807) is 12.3 Å². The average Bonchev–Trinajstić information content (AvgIpc) is 2.27. The number of nitrogens with zero attached hydrogens (tertiary/aromatic N) is 2. The number of rotatable bonds is 2. The second kappa shape index (κ2) is 4.02. The smallest absolute Gasteiger partial charge is 0.169 e. The summed E-state index contributed by atoms with van der Waals surface area (Å²) in [5, 5.41) is 0.617. The molecule has 2 rings (SSSR count). The molecule has 0 saturated carbocycles. The Morgan fingerprint density at radius 3 is 3.20 bits per heavy atom. The predicted octanol–water partition coefficient (Wildman–Crippen LogP) is 0.959. The molecular formula is C10H10N2O2S. The molecule has 2 heterocycles. The number of Topliss-reactive ketones (excluding diaryl/α,β-unsaturated/α-hetero) is 1. The Morgan fingerprint density at radius 1 is 1.73 bits per heavy atom. The molecule has 4 nitrogen and oxygen atoms in total. The van der Waals surface area contributed by atoms with Gasteiger partial charge < -0.3 is 9.69 Å². The van der Waals surface area contributed by atoms with Gasteiger partial charge in [0.1, 0.15) is 6.29 Å². The van der Waals surface area contributed by atoms with Gasteiger partial charge in [-0.2, -0.15) is 0 Å². The fourth-order valence-electron chi connectivity index (χ4n) is 1.34. The lowest BCUT2D eigenvalue weighted by Crippen LogP contribution is -2.33. The third-order valence-corrected chi connectivity index (χ3v) is 3.29. The van der Waals surface area contributed by atoms with Gasteiger partial charge >= 0.3 is 0 Å². The highest BCUT2D eigenvalue weighted by molar-refractivity contribution is 8.15. The first-order chi connectivity index (χ1) is 7.20. The highest BCUT2D eigenvalue weighted by Crippen LogP contribution is 2.25. The molecule has 0 radical (unpaired) electrons. The van der Waals surface area contributed by atoms with Gasteiger partial charge in [-0.15, -0.1) is 0 Å². The van der Waals surface area contributed by atoms with Crippen molar-refractivity contribution < 1.29 is 9.59 Å². The lowest BCUT2D eigenvalue weighted by Gasteiger charge is -2.29. The number of fused-ring (bicyclic) bond motifs is 1. The van der Waals surface area contributed by atoms with E-state index in [4.69, 9.17) is 0 Å². The second-order valence-electron chi connectivity index (χ2n) is 3.31. The minimum atomic E-state index is -0.160. The van der Waals surface area contributed by atoms with Crippen molar-refractivity contribution in [2.75, 3.05) is 6.54 Å². The van der Waals surface area contributed by atoms with Crippen LogP contribution in [0.5, 0.6) is 0 Å². The summed E-state index contributed by atoms with van der Waals surface area (Å²) in [5.41, 5.74) is 0.688.